The van der Waals surface area contributed by atoms with E-state index in [2.05, 4.69) is 22.7 Å². The minimum Gasteiger partial charge on any atom is -0.348 e. The van der Waals surface area contributed by atoms with E-state index in [9.17, 15) is 4.79 Å². The SMILES string of the molecule is CC1CNCCC1NC(=O)c1ccnn1C. The molecule has 0 aromatic carbocycles. The van der Waals surface area contributed by atoms with Crippen LogP contribution in [0, 0.1) is 5.92 Å². The van der Waals surface area contributed by atoms with Crippen LogP contribution in [0.5, 0.6) is 0 Å². The van der Waals surface area contributed by atoms with E-state index in [1.165, 1.54) is 0 Å². The lowest BCUT2D eigenvalue weighted by Crippen LogP contribution is -2.48. The molecule has 0 saturated carbocycles. The van der Waals surface area contributed by atoms with Gasteiger partial charge in [-0.2, -0.15) is 5.10 Å². The Kier molecular flexibility index (Phi) is 3.24. The van der Waals surface area contributed by atoms with E-state index in [4.69, 9.17) is 0 Å². The highest BCUT2D eigenvalue weighted by atomic mass is 16.2. The summed E-state index contributed by atoms with van der Waals surface area (Å²) in [5.41, 5.74) is 0.616. The molecule has 2 heterocycles. The molecule has 2 rings (SSSR count). The van der Waals surface area contributed by atoms with E-state index in [1.807, 2.05) is 0 Å². The van der Waals surface area contributed by atoms with Crippen LogP contribution in [0.15, 0.2) is 12.3 Å². The topological polar surface area (TPSA) is 58.9 Å². The van der Waals surface area contributed by atoms with Crippen molar-refractivity contribution in [3.05, 3.63) is 18.0 Å². The molecule has 1 aliphatic heterocycles. The maximum absolute atomic E-state index is 11.9. The number of piperidine rings is 1. The van der Waals surface area contributed by atoms with Crippen LogP contribution >= 0.6 is 0 Å². The van der Waals surface area contributed by atoms with Crippen molar-refractivity contribution in [2.45, 2.75) is 19.4 Å². The molecule has 5 heteroatoms. The third-order valence-electron chi connectivity index (χ3n) is 3.16. The lowest BCUT2D eigenvalue weighted by atomic mass is 9.95. The number of hydrogen-bond acceptors (Lipinski definition) is 3. The molecule has 88 valence electrons. The lowest BCUT2D eigenvalue weighted by molar-refractivity contribution is 0.0904. The fourth-order valence-electron chi connectivity index (χ4n) is 2.07. The quantitative estimate of drug-likeness (QED) is 0.748. The monoisotopic (exact) mass is 222 g/mol. The Bertz CT molecular complexity index is 374. The minimum atomic E-state index is -0.0289. The molecule has 1 aromatic heterocycles. The van der Waals surface area contributed by atoms with Gasteiger partial charge in [-0.15, -0.1) is 0 Å². The number of amides is 1. The summed E-state index contributed by atoms with van der Waals surface area (Å²) in [5, 5.41) is 10.4. The smallest absolute Gasteiger partial charge is 0.269 e. The number of carbonyl (C=O) groups is 1. The number of aromatic nitrogens is 2. The molecular weight excluding hydrogens is 204 g/mol. The van der Waals surface area contributed by atoms with Gasteiger partial charge in [0.25, 0.3) is 5.91 Å². The Morgan fingerprint density at radius 1 is 1.69 bits per heavy atom. The van der Waals surface area contributed by atoms with Crippen molar-refractivity contribution in [2.24, 2.45) is 13.0 Å². The largest absolute Gasteiger partial charge is 0.348 e. The second kappa shape index (κ2) is 4.65. The number of aryl methyl sites for hydroxylation is 1. The maximum Gasteiger partial charge on any atom is 0.269 e. The van der Waals surface area contributed by atoms with Gasteiger partial charge in [-0.25, -0.2) is 0 Å². The molecule has 0 bridgehead atoms. The first kappa shape index (κ1) is 11.1. The molecule has 1 saturated heterocycles. The number of nitrogens with one attached hydrogen (secondary N) is 2. The molecule has 16 heavy (non-hydrogen) atoms. The Balaban J connectivity index is 1.99. The van der Waals surface area contributed by atoms with Gasteiger partial charge < -0.3 is 10.6 Å². The van der Waals surface area contributed by atoms with Gasteiger partial charge in [0, 0.05) is 19.3 Å². The number of carbonyl (C=O) groups excluding carboxylic acids is 1. The third-order valence-corrected chi connectivity index (χ3v) is 3.16. The van der Waals surface area contributed by atoms with Crippen LogP contribution < -0.4 is 10.6 Å². The zero-order valence-corrected chi connectivity index (χ0v) is 9.73. The average Bonchev–Trinajstić information content (AvgIpc) is 2.68. The molecule has 2 atom stereocenters. The zero-order chi connectivity index (χ0) is 11.5. The van der Waals surface area contributed by atoms with Crippen LogP contribution in [0.25, 0.3) is 0 Å². The molecule has 1 aliphatic rings. The number of rotatable bonds is 2. The highest BCUT2D eigenvalue weighted by Crippen LogP contribution is 2.11. The van der Waals surface area contributed by atoms with Crippen LogP contribution in [-0.4, -0.2) is 34.8 Å². The third kappa shape index (κ3) is 2.24. The van der Waals surface area contributed by atoms with E-state index in [0.717, 1.165) is 19.5 Å². The van der Waals surface area contributed by atoms with E-state index in [0.29, 0.717) is 11.6 Å². The van der Waals surface area contributed by atoms with E-state index in [-0.39, 0.29) is 11.9 Å². The average molecular weight is 222 g/mol. The molecule has 0 spiro atoms. The van der Waals surface area contributed by atoms with Crippen molar-refractivity contribution in [1.29, 1.82) is 0 Å². The second-order valence-electron chi connectivity index (χ2n) is 4.39. The Morgan fingerprint density at radius 3 is 3.12 bits per heavy atom. The first-order valence-electron chi connectivity index (χ1n) is 5.68. The van der Waals surface area contributed by atoms with E-state index < -0.39 is 0 Å². The van der Waals surface area contributed by atoms with Gasteiger partial charge in [-0.3, -0.25) is 9.48 Å². The normalized spacial score (nSPS) is 25.4. The van der Waals surface area contributed by atoms with Crippen LogP contribution in [0.3, 0.4) is 0 Å². The summed E-state index contributed by atoms with van der Waals surface area (Å²) in [5.74, 6) is 0.449. The minimum absolute atomic E-state index is 0.0289. The zero-order valence-electron chi connectivity index (χ0n) is 9.73. The van der Waals surface area contributed by atoms with Crippen molar-refractivity contribution in [1.82, 2.24) is 20.4 Å². The summed E-state index contributed by atoms with van der Waals surface area (Å²) in [6.07, 6.45) is 2.63. The summed E-state index contributed by atoms with van der Waals surface area (Å²) >= 11 is 0. The summed E-state index contributed by atoms with van der Waals surface area (Å²) in [7, 11) is 1.78. The summed E-state index contributed by atoms with van der Waals surface area (Å²) in [6.45, 7) is 4.09. The summed E-state index contributed by atoms with van der Waals surface area (Å²) in [6, 6.07) is 2.00. The molecule has 1 amide bonds. The van der Waals surface area contributed by atoms with Crippen LogP contribution in [-0.2, 0) is 7.05 Å². The van der Waals surface area contributed by atoms with Gasteiger partial charge in [0.05, 0.1) is 0 Å². The Hall–Kier alpha value is -1.36. The highest BCUT2D eigenvalue weighted by Gasteiger charge is 2.23. The summed E-state index contributed by atoms with van der Waals surface area (Å²) in [4.78, 5) is 11.9. The van der Waals surface area contributed by atoms with Gasteiger partial charge in [0.2, 0.25) is 0 Å². The Morgan fingerprint density at radius 2 is 2.50 bits per heavy atom. The van der Waals surface area contributed by atoms with Crippen LogP contribution in [0.4, 0.5) is 0 Å². The van der Waals surface area contributed by atoms with E-state index >= 15 is 0 Å². The van der Waals surface area contributed by atoms with Crippen molar-refractivity contribution >= 4 is 5.91 Å². The second-order valence-corrected chi connectivity index (χ2v) is 4.39. The summed E-state index contributed by atoms with van der Waals surface area (Å²) < 4.78 is 1.60. The first-order chi connectivity index (χ1) is 7.68. The van der Waals surface area contributed by atoms with Crippen molar-refractivity contribution in [3.8, 4) is 0 Å². The molecule has 1 aromatic rings. The first-order valence-corrected chi connectivity index (χ1v) is 5.68. The lowest BCUT2D eigenvalue weighted by Gasteiger charge is -2.30. The molecule has 0 radical (unpaired) electrons. The fourth-order valence-corrected chi connectivity index (χ4v) is 2.07. The van der Waals surface area contributed by atoms with Gasteiger partial charge in [0.15, 0.2) is 0 Å². The predicted molar refractivity (Wildman–Crippen MR) is 61.1 cm³/mol. The molecule has 5 nitrogen and oxygen atoms in total. The molecule has 2 N–H and O–H groups in total. The van der Waals surface area contributed by atoms with Gasteiger partial charge >= 0.3 is 0 Å². The standard InChI is InChI=1S/C11H18N4O/c1-8-7-12-5-3-9(8)14-11(16)10-4-6-13-15(10)2/h4,6,8-9,12H,3,5,7H2,1-2H3,(H,14,16). The fraction of sp³-hybridized carbons (Fsp3) is 0.636. The molecule has 0 aliphatic carbocycles. The van der Waals surface area contributed by atoms with Crippen molar-refractivity contribution < 1.29 is 4.79 Å². The molecule has 1 fully saturated rings. The van der Waals surface area contributed by atoms with Crippen LogP contribution in [0.2, 0.25) is 0 Å². The van der Waals surface area contributed by atoms with Crippen molar-refractivity contribution in [2.75, 3.05) is 13.1 Å². The van der Waals surface area contributed by atoms with Gasteiger partial charge in [0.1, 0.15) is 5.69 Å². The molecule has 2 unspecified atom stereocenters. The van der Waals surface area contributed by atoms with Crippen LogP contribution in [0.1, 0.15) is 23.8 Å². The van der Waals surface area contributed by atoms with Crippen molar-refractivity contribution in [3.63, 3.8) is 0 Å². The highest BCUT2D eigenvalue weighted by molar-refractivity contribution is 5.92. The predicted octanol–water partition coefficient (Wildman–Crippen LogP) is 0.148. The van der Waals surface area contributed by atoms with E-state index in [1.54, 1.807) is 24.0 Å². The van der Waals surface area contributed by atoms with Gasteiger partial charge in [-0.1, -0.05) is 6.92 Å². The molecular formula is C11H18N4O. The number of nitrogens with zero attached hydrogens (tertiary/aromatic N) is 2. The number of hydrogen-bond donors (Lipinski definition) is 2. The van der Waals surface area contributed by atoms with Gasteiger partial charge in [-0.05, 0) is 31.5 Å². The maximum atomic E-state index is 11.9. The Labute approximate surface area is 95.2 Å².